The Labute approximate surface area is 88.0 Å². The van der Waals surface area contributed by atoms with Crippen molar-refractivity contribution in [2.75, 3.05) is 11.9 Å². The van der Waals surface area contributed by atoms with Crippen LogP contribution >= 0.6 is 0 Å². The maximum atomic E-state index is 4.11. The summed E-state index contributed by atoms with van der Waals surface area (Å²) in [4.78, 5) is 15.1. The van der Waals surface area contributed by atoms with Gasteiger partial charge in [0.2, 0.25) is 0 Å². The van der Waals surface area contributed by atoms with Gasteiger partial charge in [-0.1, -0.05) is 0 Å². The van der Waals surface area contributed by atoms with E-state index >= 15 is 0 Å². The van der Waals surface area contributed by atoms with Crippen LogP contribution in [-0.4, -0.2) is 26.5 Å². The molecule has 0 saturated heterocycles. The first-order chi connectivity index (χ1) is 7.34. The molecule has 2 aromatic heterocycles. The van der Waals surface area contributed by atoms with E-state index in [1.807, 2.05) is 19.2 Å². The van der Waals surface area contributed by atoms with E-state index < -0.39 is 0 Å². The number of aromatic nitrogens is 4. The van der Waals surface area contributed by atoms with E-state index in [2.05, 4.69) is 25.3 Å². The van der Waals surface area contributed by atoms with Gasteiger partial charge >= 0.3 is 0 Å². The van der Waals surface area contributed by atoms with E-state index in [9.17, 15) is 0 Å². The molecule has 5 heteroatoms. The number of nitrogens with zero attached hydrogens (tertiary/aromatic N) is 3. The molecule has 0 aliphatic carbocycles. The van der Waals surface area contributed by atoms with Crippen molar-refractivity contribution in [2.24, 2.45) is 0 Å². The highest BCUT2D eigenvalue weighted by Gasteiger charge is 1.96. The Bertz CT molecular complexity index is 410. The molecular formula is C10H13N5. The van der Waals surface area contributed by atoms with E-state index in [1.165, 1.54) is 0 Å². The largest absolute Gasteiger partial charge is 0.370 e. The van der Waals surface area contributed by atoms with Crippen molar-refractivity contribution in [3.05, 3.63) is 36.3 Å². The summed E-state index contributed by atoms with van der Waals surface area (Å²) in [6.45, 7) is 2.78. The minimum absolute atomic E-state index is 0.832. The molecule has 2 aromatic rings. The highest BCUT2D eigenvalue weighted by Crippen LogP contribution is 2.02. The van der Waals surface area contributed by atoms with Crippen LogP contribution in [0.5, 0.6) is 0 Å². The van der Waals surface area contributed by atoms with E-state index in [4.69, 9.17) is 0 Å². The number of imidazole rings is 1. The number of H-pyrrole nitrogens is 1. The first-order valence-electron chi connectivity index (χ1n) is 4.84. The van der Waals surface area contributed by atoms with Crippen molar-refractivity contribution in [1.82, 2.24) is 19.9 Å². The summed E-state index contributed by atoms with van der Waals surface area (Å²) in [6, 6.07) is 1.92. The van der Waals surface area contributed by atoms with Crippen molar-refractivity contribution in [3.63, 3.8) is 0 Å². The van der Waals surface area contributed by atoms with Crippen LogP contribution in [0, 0.1) is 6.92 Å². The maximum Gasteiger partial charge on any atom is 0.129 e. The van der Waals surface area contributed by atoms with E-state index in [-0.39, 0.29) is 0 Å². The smallest absolute Gasteiger partial charge is 0.129 e. The van der Waals surface area contributed by atoms with E-state index in [1.54, 1.807) is 12.7 Å². The lowest BCUT2D eigenvalue weighted by Crippen LogP contribution is -2.06. The van der Waals surface area contributed by atoms with Gasteiger partial charge in [0, 0.05) is 36.6 Å². The van der Waals surface area contributed by atoms with Gasteiger partial charge in [-0.15, -0.1) is 0 Å². The van der Waals surface area contributed by atoms with Gasteiger partial charge in [-0.05, 0) is 6.92 Å². The lowest BCUT2D eigenvalue weighted by Gasteiger charge is -2.04. The molecule has 0 atom stereocenters. The number of hydrogen-bond acceptors (Lipinski definition) is 4. The molecule has 5 nitrogen and oxygen atoms in total. The molecule has 0 bridgehead atoms. The first-order valence-corrected chi connectivity index (χ1v) is 4.84. The molecule has 0 saturated carbocycles. The zero-order chi connectivity index (χ0) is 10.5. The van der Waals surface area contributed by atoms with Crippen molar-refractivity contribution in [3.8, 4) is 0 Å². The van der Waals surface area contributed by atoms with Gasteiger partial charge in [-0.25, -0.2) is 15.0 Å². The fourth-order valence-electron chi connectivity index (χ4n) is 1.30. The standard InChI is InChI=1S/C10H13N5/c1-8-4-10(15-7-13-8)12-3-2-9-5-11-6-14-9/h4-7H,2-3H2,1H3,(H,11,14)(H,12,13,15). The minimum atomic E-state index is 0.832. The van der Waals surface area contributed by atoms with Gasteiger partial charge in [-0.3, -0.25) is 0 Å². The molecule has 0 aliphatic rings. The summed E-state index contributed by atoms with van der Waals surface area (Å²) in [7, 11) is 0. The molecule has 0 unspecified atom stereocenters. The topological polar surface area (TPSA) is 66.5 Å². The number of rotatable bonds is 4. The van der Waals surface area contributed by atoms with Crippen LogP contribution in [0.1, 0.15) is 11.4 Å². The molecule has 0 radical (unpaired) electrons. The number of aromatic amines is 1. The van der Waals surface area contributed by atoms with Crippen molar-refractivity contribution >= 4 is 5.82 Å². The lowest BCUT2D eigenvalue weighted by molar-refractivity contribution is 0.960. The van der Waals surface area contributed by atoms with Gasteiger partial charge in [0.1, 0.15) is 12.1 Å². The van der Waals surface area contributed by atoms with Crippen LogP contribution in [0.4, 0.5) is 5.82 Å². The molecular weight excluding hydrogens is 190 g/mol. The van der Waals surface area contributed by atoms with Gasteiger partial charge in [0.25, 0.3) is 0 Å². The second-order valence-electron chi connectivity index (χ2n) is 3.30. The Hall–Kier alpha value is -1.91. The second kappa shape index (κ2) is 4.54. The molecule has 0 amide bonds. The summed E-state index contributed by atoms with van der Waals surface area (Å²) in [5.41, 5.74) is 2.09. The predicted octanol–water partition coefficient (Wildman–Crippen LogP) is 1.16. The summed E-state index contributed by atoms with van der Waals surface area (Å²) in [6.07, 6.45) is 5.98. The molecule has 2 rings (SSSR count). The third kappa shape index (κ3) is 2.77. The Balaban J connectivity index is 1.83. The molecule has 0 aromatic carbocycles. The molecule has 15 heavy (non-hydrogen) atoms. The fraction of sp³-hybridized carbons (Fsp3) is 0.300. The summed E-state index contributed by atoms with van der Waals surface area (Å²) in [5.74, 6) is 0.863. The van der Waals surface area contributed by atoms with Crippen molar-refractivity contribution < 1.29 is 0 Å². The van der Waals surface area contributed by atoms with Crippen LogP contribution in [0.15, 0.2) is 24.9 Å². The number of aryl methyl sites for hydroxylation is 1. The van der Waals surface area contributed by atoms with Crippen molar-refractivity contribution in [2.45, 2.75) is 13.3 Å². The average Bonchev–Trinajstić information content (AvgIpc) is 2.71. The molecule has 2 N–H and O–H groups in total. The first kappa shape index (κ1) is 9.64. The number of nitrogens with one attached hydrogen (secondary N) is 2. The highest BCUT2D eigenvalue weighted by molar-refractivity contribution is 5.34. The Kier molecular flexibility index (Phi) is 2.92. The number of anilines is 1. The third-order valence-electron chi connectivity index (χ3n) is 2.06. The van der Waals surface area contributed by atoms with Gasteiger partial charge < -0.3 is 10.3 Å². The van der Waals surface area contributed by atoms with E-state index in [0.717, 1.165) is 30.2 Å². The zero-order valence-corrected chi connectivity index (χ0v) is 8.57. The van der Waals surface area contributed by atoms with Gasteiger partial charge in [0.15, 0.2) is 0 Å². The second-order valence-corrected chi connectivity index (χ2v) is 3.30. The quantitative estimate of drug-likeness (QED) is 0.782. The SMILES string of the molecule is Cc1cc(NCCc2cnc[nH]2)ncn1. The normalized spacial score (nSPS) is 10.2. The van der Waals surface area contributed by atoms with E-state index in [0.29, 0.717) is 0 Å². The Morgan fingerprint density at radius 2 is 2.33 bits per heavy atom. The summed E-state index contributed by atoms with van der Waals surface area (Å²) < 4.78 is 0. The average molecular weight is 203 g/mol. The fourth-order valence-corrected chi connectivity index (χ4v) is 1.30. The number of hydrogen-bond donors (Lipinski definition) is 2. The Morgan fingerprint density at radius 3 is 3.07 bits per heavy atom. The highest BCUT2D eigenvalue weighted by atomic mass is 15.0. The van der Waals surface area contributed by atoms with Crippen LogP contribution in [0.2, 0.25) is 0 Å². The third-order valence-corrected chi connectivity index (χ3v) is 2.06. The Morgan fingerprint density at radius 1 is 1.40 bits per heavy atom. The van der Waals surface area contributed by atoms with Crippen LogP contribution in [0.3, 0.4) is 0 Å². The monoisotopic (exact) mass is 203 g/mol. The van der Waals surface area contributed by atoms with Crippen LogP contribution < -0.4 is 5.32 Å². The lowest BCUT2D eigenvalue weighted by atomic mass is 10.3. The molecule has 2 heterocycles. The van der Waals surface area contributed by atoms with Crippen LogP contribution in [-0.2, 0) is 6.42 Å². The molecule has 0 spiro atoms. The summed E-state index contributed by atoms with van der Waals surface area (Å²) >= 11 is 0. The molecule has 0 aliphatic heterocycles. The maximum absolute atomic E-state index is 4.11. The van der Waals surface area contributed by atoms with Gasteiger partial charge in [-0.2, -0.15) is 0 Å². The zero-order valence-electron chi connectivity index (χ0n) is 8.57. The summed E-state index contributed by atoms with van der Waals surface area (Å²) in [5, 5.41) is 3.22. The van der Waals surface area contributed by atoms with Crippen molar-refractivity contribution in [1.29, 1.82) is 0 Å². The predicted molar refractivity (Wildman–Crippen MR) is 57.6 cm³/mol. The molecule has 0 fully saturated rings. The minimum Gasteiger partial charge on any atom is -0.370 e. The van der Waals surface area contributed by atoms with Gasteiger partial charge in [0.05, 0.1) is 6.33 Å². The molecule has 78 valence electrons. The van der Waals surface area contributed by atoms with Crippen LogP contribution in [0.25, 0.3) is 0 Å².